The molecular formula is C10H13Cl2NO. The molecule has 4 heteroatoms. The van der Waals surface area contributed by atoms with E-state index >= 15 is 0 Å². The number of rotatable bonds is 5. The average molecular weight is 234 g/mol. The lowest BCUT2D eigenvalue weighted by Crippen LogP contribution is -2.27. The average Bonchev–Trinajstić information content (AvgIpc) is 2.18. The molecule has 78 valence electrons. The second kappa shape index (κ2) is 5.99. The molecular weight excluding hydrogens is 221 g/mol. The van der Waals surface area contributed by atoms with Gasteiger partial charge in [0.05, 0.1) is 5.69 Å². The highest BCUT2D eigenvalue weighted by Gasteiger charge is 2.08. The van der Waals surface area contributed by atoms with E-state index in [2.05, 4.69) is 0 Å². The van der Waals surface area contributed by atoms with Crippen molar-refractivity contribution in [3.8, 4) is 5.75 Å². The number of aromatic hydroxyl groups is 1. The van der Waals surface area contributed by atoms with Gasteiger partial charge in [-0.05, 0) is 12.1 Å². The van der Waals surface area contributed by atoms with Crippen molar-refractivity contribution in [2.75, 3.05) is 29.7 Å². The van der Waals surface area contributed by atoms with Crippen molar-refractivity contribution in [3.63, 3.8) is 0 Å². The minimum atomic E-state index is 0.266. The van der Waals surface area contributed by atoms with E-state index in [1.165, 1.54) is 0 Å². The summed E-state index contributed by atoms with van der Waals surface area (Å²) < 4.78 is 0. The van der Waals surface area contributed by atoms with Gasteiger partial charge in [0, 0.05) is 24.8 Å². The van der Waals surface area contributed by atoms with E-state index in [0.29, 0.717) is 24.8 Å². The summed E-state index contributed by atoms with van der Waals surface area (Å²) in [6.07, 6.45) is 0. The summed E-state index contributed by atoms with van der Waals surface area (Å²) in [5.41, 5.74) is 0.786. The van der Waals surface area contributed by atoms with Crippen LogP contribution in [0.1, 0.15) is 0 Å². The van der Waals surface area contributed by atoms with E-state index in [4.69, 9.17) is 23.2 Å². The quantitative estimate of drug-likeness (QED) is 0.791. The van der Waals surface area contributed by atoms with Gasteiger partial charge >= 0.3 is 0 Å². The maximum Gasteiger partial charge on any atom is 0.138 e. The maximum atomic E-state index is 9.61. The Morgan fingerprint density at radius 3 is 2.14 bits per heavy atom. The molecule has 0 aliphatic heterocycles. The number of para-hydroxylation sites is 2. The molecule has 1 rings (SSSR count). The Morgan fingerprint density at radius 2 is 1.64 bits per heavy atom. The first kappa shape index (κ1) is 11.5. The van der Waals surface area contributed by atoms with Crippen molar-refractivity contribution in [1.29, 1.82) is 0 Å². The van der Waals surface area contributed by atoms with Crippen molar-refractivity contribution < 1.29 is 5.11 Å². The van der Waals surface area contributed by atoms with Crippen LogP contribution in [-0.2, 0) is 0 Å². The van der Waals surface area contributed by atoms with Gasteiger partial charge in [0.15, 0.2) is 0 Å². The molecule has 0 saturated heterocycles. The van der Waals surface area contributed by atoms with Gasteiger partial charge in [-0.1, -0.05) is 12.1 Å². The molecule has 0 aliphatic carbocycles. The summed E-state index contributed by atoms with van der Waals surface area (Å²) in [6, 6.07) is 7.18. The number of hydrogen-bond donors (Lipinski definition) is 1. The second-order valence-electron chi connectivity index (χ2n) is 2.85. The zero-order valence-electron chi connectivity index (χ0n) is 7.79. The normalized spacial score (nSPS) is 10.1. The molecule has 1 N–H and O–H groups in total. The number of anilines is 1. The number of alkyl halides is 2. The van der Waals surface area contributed by atoms with Crippen molar-refractivity contribution in [2.45, 2.75) is 0 Å². The maximum absolute atomic E-state index is 9.61. The molecule has 0 heterocycles. The van der Waals surface area contributed by atoms with E-state index in [1.807, 2.05) is 17.0 Å². The molecule has 14 heavy (non-hydrogen) atoms. The number of phenols is 1. The van der Waals surface area contributed by atoms with Gasteiger partial charge in [0.1, 0.15) is 5.75 Å². The molecule has 1 aromatic rings. The first-order chi connectivity index (χ1) is 6.79. The monoisotopic (exact) mass is 233 g/mol. The smallest absolute Gasteiger partial charge is 0.138 e. The number of hydrogen-bond acceptors (Lipinski definition) is 2. The predicted molar refractivity (Wildman–Crippen MR) is 61.8 cm³/mol. The highest BCUT2D eigenvalue weighted by Crippen LogP contribution is 2.26. The Balaban J connectivity index is 2.81. The predicted octanol–water partition coefficient (Wildman–Crippen LogP) is 2.68. The van der Waals surface area contributed by atoms with Crippen LogP contribution in [-0.4, -0.2) is 30.0 Å². The Bertz CT molecular complexity index is 275. The van der Waals surface area contributed by atoms with Gasteiger partial charge in [-0.25, -0.2) is 0 Å². The van der Waals surface area contributed by atoms with Gasteiger partial charge < -0.3 is 10.0 Å². The molecule has 2 nitrogen and oxygen atoms in total. The molecule has 0 saturated carbocycles. The van der Waals surface area contributed by atoms with Crippen LogP contribution >= 0.6 is 23.2 Å². The second-order valence-corrected chi connectivity index (χ2v) is 3.61. The lowest BCUT2D eigenvalue weighted by atomic mass is 10.2. The topological polar surface area (TPSA) is 23.5 Å². The fourth-order valence-corrected chi connectivity index (χ4v) is 1.70. The summed E-state index contributed by atoms with van der Waals surface area (Å²) in [4.78, 5) is 1.97. The van der Waals surface area contributed by atoms with Gasteiger partial charge in [0.2, 0.25) is 0 Å². The van der Waals surface area contributed by atoms with Crippen LogP contribution in [0, 0.1) is 0 Å². The zero-order chi connectivity index (χ0) is 10.4. The Hall–Kier alpha value is -0.600. The van der Waals surface area contributed by atoms with Gasteiger partial charge in [-0.15, -0.1) is 23.2 Å². The van der Waals surface area contributed by atoms with Crippen LogP contribution in [0.15, 0.2) is 24.3 Å². The minimum absolute atomic E-state index is 0.266. The highest BCUT2D eigenvalue weighted by atomic mass is 35.5. The largest absolute Gasteiger partial charge is 0.506 e. The molecule has 0 amide bonds. The third-order valence-electron chi connectivity index (χ3n) is 1.93. The first-order valence-corrected chi connectivity index (χ1v) is 5.51. The van der Waals surface area contributed by atoms with E-state index in [0.717, 1.165) is 5.69 Å². The van der Waals surface area contributed by atoms with E-state index in [1.54, 1.807) is 12.1 Å². The third-order valence-corrected chi connectivity index (χ3v) is 2.27. The molecule has 1 aromatic carbocycles. The van der Waals surface area contributed by atoms with Crippen molar-refractivity contribution in [1.82, 2.24) is 0 Å². The Kier molecular flexibility index (Phi) is 4.91. The molecule has 0 aliphatic rings. The Labute approximate surface area is 94.1 Å². The third kappa shape index (κ3) is 2.96. The van der Waals surface area contributed by atoms with Gasteiger partial charge in [-0.2, -0.15) is 0 Å². The molecule has 0 aromatic heterocycles. The zero-order valence-corrected chi connectivity index (χ0v) is 9.30. The van der Waals surface area contributed by atoms with Crippen LogP contribution in [0.4, 0.5) is 5.69 Å². The fraction of sp³-hybridized carbons (Fsp3) is 0.400. The van der Waals surface area contributed by atoms with Crippen molar-refractivity contribution in [3.05, 3.63) is 24.3 Å². The van der Waals surface area contributed by atoms with Gasteiger partial charge in [0.25, 0.3) is 0 Å². The number of phenolic OH excluding ortho intramolecular Hbond substituents is 1. The molecule has 0 atom stereocenters. The summed E-state index contributed by atoms with van der Waals surface area (Å²) in [7, 11) is 0. The summed E-state index contributed by atoms with van der Waals surface area (Å²) in [5.74, 6) is 1.30. The van der Waals surface area contributed by atoms with Crippen LogP contribution in [0.25, 0.3) is 0 Å². The molecule has 0 bridgehead atoms. The molecule has 0 spiro atoms. The lowest BCUT2D eigenvalue weighted by Gasteiger charge is -2.23. The van der Waals surface area contributed by atoms with Crippen molar-refractivity contribution >= 4 is 28.9 Å². The molecule has 0 unspecified atom stereocenters. The van der Waals surface area contributed by atoms with E-state index in [-0.39, 0.29) is 5.75 Å². The summed E-state index contributed by atoms with van der Waals surface area (Å²) in [6.45, 7) is 1.37. The number of nitrogens with zero attached hydrogens (tertiary/aromatic N) is 1. The van der Waals surface area contributed by atoms with Gasteiger partial charge in [-0.3, -0.25) is 0 Å². The van der Waals surface area contributed by atoms with Crippen LogP contribution in [0.3, 0.4) is 0 Å². The Morgan fingerprint density at radius 1 is 1.07 bits per heavy atom. The number of benzene rings is 1. The SMILES string of the molecule is Oc1ccccc1N(CCCl)CCCl. The minimum Gasteiger partial charge on any atom is -0.506 e. The standard InChI is InChI=1S/C10H13Cl2NO/c11-5-7-13(8-6-12)9-3-1-2-4-10(9)14/h1-4,14H,5-8H2. The lowest BCUT2D eigenvalue weighted by molar-refractivity contribution is 0.474. The van der Waals surface area contributed by atoms with E-state index < -0.39 is 0 Å². The van der Waals surface area contributed by atoms with E-state index in [9.17, 15) is 5.11 Å². The molecule has 0 radical (unpaired) electrons. The van der Waals surface area contributed by atoms with Crippen LogP contribution in [0.2, 0.25) is 0 Å². The summed E-state index contributed by atoms with van der Waals surface area (Å²) in [5, 5.41) is 9.61. The van der Waals surface area contributed by atoms with Crippen LogP contribution < -0.4 is 4.90 Å². The fourth-order valence-electron chi connectivity index (χ4n) is 1.29. The highest BCUT2D eigenvalue weighted by molar-refractivity contribution is 6.18. The number of halogens is 2. The van der Waals surface area contributed by atoms with Crippen LogP contribution in [0.5, 0.6) is 5.75 Å². The molecule has 0 fully saturated rings. The first-order valence-electron chi connectivity index (χ1n) is 4.44. The van der Waals surface area contributed by atoms with Crippen molar-refractivity contribution in [2.24, 2.45) is 0 Å². The summed E-state index contributed by atoms with van der Waals surface area (Å²) >= 11 is 11.3.